The minimum Gasteiger partial charge on any atom is -0.497 e. The maximum Gasteiger partial charge on any atom is 0.269 e. The highest BCUT2D eigenvalue weighted by atomic mass is 16.5. The number of ether oxygens (including phenoxy) is 3. The van der Waals surface area contributed by atoms with Crippen LogP contribution in [0.15, 0.2) is 42.5 Å². The molecule has 0 aromatic heterocycles. The molecule has 0 spiro atoms. The highest BCUT2D eigenvalue weighted by Crippen LogP contribution is 2.27. The summed E-state index contributed by atoms with van der Waals surface area (Å²) in [4.78, 5) is 24.1. The molecule has 0 atom stereocenters. The van der Waals surface area contributed by atoms with E-state index in [4.69, 9.17) is 14.2 Å². The summed E-state index contributed by atoms with van der Waals surface area (Å²) in [5, 5.41) is 0. The van der Waals surface area contributed by atoms with Crippen molar-refractivity contribution in [3.8, 4) is 17.2 Å². The number of amides is 2. The van der Waals surface area contributed by atoms with Gasteiger partial charge in [-0.1, -0.05) is 12.1 Å². The Morgan fingerprint density at radius 1 is 0.880 bits per heavy atom. The maximum absolute atomic E-state index is 12.1. The summed E-state index contributed by atoms with van der Waals surface area (Å²) in [6.07, 6.45) is 0.114. The normalized spacial score (nSPS) is 9.88. The first-order valence-corrected chi connectivity index (χ1v) is 7.51. The van der Waals surface area contributed by atoms with Gasteiger partial charge in [0.25, 0.3) is 5.91 Å². The van der Waals surface area contributed by atoms with Crippen molar-refractivity contribution in [2.45, 2.75) is 6.42 Å². The van der Waals surface area contributed by atoms with Crippen molar-refractivity contribution in [2.24, 2.45) is 0 Å². The zero-order valence-corrected chi connectivity index (χ0v) is 14.3. The molecule has 0 aliphatic heterocycles. The first kappa shape index (κ1) is 18.1. The van der Waals surface area contributed by atoms with Crippen molar-refractivity contribution in [2.75, 3.05) is 21.3 Å². The molecule has 0 unspecified atom stereocenters. The van der Waals surface area contributed by atoms with E-state index in [1.165, 1.54) is 20.3 Å². The third kappa shape index (κ3) is 4.87. The number of benzene rings is 2. The largest absolute Gasteiger partial charge is 0.497 e. The van der Waals surface area contributed by atoms with E-state index in [0.717, 1.165) is 5.56 Å². The van der Waals surface area contributed by atoms with Crippen LogP contribution in [0.4, 0.5) is 0 Å². The highest BCUT2D eigenvalue weighted by molar-refractivity contribution is 5.96. The Morgan fingerprint density at radius 3 is 2.32 bits per heavy atom. The van der Waals surface area contributed by atoms with Gasteiger partial charge in [-0.25, -0.2) is 0 Å². The van der Waals surface area contributed by atoms with Gasteiger partial charge >= 0.3 is 0 Å². The second-order valence-electron chi connectivity index (χ2n) is 5.10. The number of rotatable bonds is 6. The molecule has 0 heterocycles. The Kier molecular flexibility index (Phi) is 6.22. The molecule has 2 N–H and O–H groups in total. The molecule has 2 amide bonds. The van der Waals surface area contributed by atoms with E-state index < -0.39 is 5.91 Å². The van der Waals surface area contributed by atoms with Crippen molar-refractivity contribution in [3.63, 3.8) is 0 Å². The zero-order valence-electron chi connectivity index (χ0n) is 14.3. The van der Waals surface area contributed by atoms with Gasteiger partial charge in [0.1, 0.15) is 5.75 Å². The minimum atomic E-state index is -0.458. The van der Waals surface area contributed by atoms with Crippen molar-refractivity contribution in [1.29, 1.82) is 0 Å². The van der Waals surface area contributed by atoms with Gasteiger partial charge in [0.05, 0.1) is 27.8 Å². The lowest BCUT2D eigenvalue weighted by Crippen LogP contribution is -2.42. The van der Waals surface area contributed by atoms with Gasteiger partial charge in [-0.15, -0.1) is 0 Å². The van der Waals surface area contributed by atoms with Crippen LogP contribution in [0.3, 0.4) is 0 Å². The summed E-state index contributed by atoms with van der Waals surface area (Å²) in [6.45, 7) is 0. The lowest BCUT2D eigenvalue weighted by molar-refractivity contribution is -0.121. The van der Waals surface area contributed by atoms with Gasteiger partial charge in [-0.2, -0.15) is 0 Å². The Hall–Kier alpha value is -3.22. The number of carbonyl (C=O) groups excluding carboxylic acids is 2. The molecular formula is C18H20N2O5. The van der Waals surface area contributed by atoms with Crippen molar-refractivity contribution < 1.29 is 23.8 Å². The Labute approximate surface area is 145 Å². The molecular weight excluding hydrogens is 324 g/mol. The monoisotopic (exact) mass is 344 g/mol. The molecule has 2 aromatic carbocycles. The van der Waals surface area contributed by atoms with Crippen LogP contribution in [0.1, 0.15) is 15.9 Å². The van der Waals surface area contributed by atoms with Gasteiger partial charge in [-0.3, -0.25) is 20.4 Å². The molecule has 0 bridgehead atoms. The van der Waals surface area contributed by atoms with E-state index >= 15 is 0 Å². The summed E-state index contributed by atoms with van der Waals surface area (Å²) in [5.74, 6) is 0.806. The Bertz CT molecular complexity index is 761. The summed E-state index contributed by atoms with van der Waals surface area (Å²) in [5.41, 5.74) is 5.86. The molecule has 7 heteroatoms. The summed E-state index contributed by atoms with van der Waals surface area (Å²) in [7, 11) is 4.55. The number of hydrogen-bond donors (Lipinski definition) is 2. The number of methoxy groups -OCH3 is 3. The van der Waals surface area contributed by atoms with Crippen LogP contribution in [-0.2, 0) is 11.2 Å². The number of carbonyl (C=O) groups is 2. The fraction of sp³-hybridized carbons (Fsp3) is 0.222. The molecule has 2 aromatic rings. The lowest BCUT2D eigenvalue weighted by Gasteiger charge is -2.11. The Balaban J connectivity index is 1.93. The fourth-order valence-electron chi connectivity index (χ4n) is 2.19. The molecule has 0 aliphatic rings. The van der Waals surface area contributed by atoms with E-state index in [1.807, 2.05) is 0 Å². The van der Waals surface area contributed by atoms with Crippen molar-refractivity contribution >= 4 is 11.8 Å². The third-order valence-electron chi connectivity index (χ3n) is 3.46. The quantitative estimate of drug-likeness (QED) is 0.779. The summed E-state index contributed by atoms with van der Waals surface area (Å²) >= 11 is 0. The highest BCUT2D eigenvalue weighted by Gasteiger charge is 2.12. The van der Waals surface area contributed by atoms with E-state index in [-0.39, 0.29) is 12.3 Å². The summed E-state index contributed by atoms with van der Waals surface area (Å²) in [6, 6.07) is 11.9. The molecule has 132 valence electrons. The second kappa shape index (κ2) is 8.58. The van der Waals surface area contributed by atoms with Gasteiger partial charge in [0, 0.05) is 5.56 Å². The first-order chi connectivity index (χ1) is 12.1. The van der Waals surface area contributed by atoms with E-state index in [0.29, 0.717) is 22.8 Å². The van der Waals surface area contributed by atoms with Gasteiger partial charge in [0.15, 0.2) is 11.5 Å². The topological polar surface area (TPSA) is 85.9 Å². The van der Waals surface area contributed by atoms with Gasteiger partial charge in [-0.05, 0) is 35.9 Å². The lowest BCUT2D eigenvalue weighted by atomic mass is 10.1. The van der Waals surface area contributed by atoms with Crippen LogP contribution < -0.4 is 25.1 Å². The molecule has 25 heavy (non-hydrogen) atoms. The SMILES string of the molecule is COc1cccc(CC(=O)NNC(=O)c2ccc(OC)c(OC)c2)c1. The predicted molar refractivity (Wildman–Crippen MR) is 91.9 cm³/mol. The van der Waals surface area contributed by atoms with E-state index in [2.05, 4.69) is 10.9 Å². The second-order valence-corrected chi connectivity index (χ2v) is 5.10. The number of hydrogen-bond acceptors (Lipinski definition) is 5. The fourth-order valence-corrected chi connectivity index (χ4v) is 2.19. The average Bonchev–Trinajstić information content (AvgIpc) is 2.65. The Morgan fingerprint density at radius 2 is 1.64 bits per heavy atom. The number of hydrazine groups is 1. The van der Waals surface area contributed by atoms with E-state index in [9.17, 15) is 9.59 Å². The minimum absolute atomic E-state index is 0.114. The first-order valence-electron chi connectivity index (χ1n) is 7.51. The maximum atomic E-state index is 12.1. The van der Waals surface area contributed by atoms with Crippen LogP contribution >= 0.6 is 0 Å². The molecule has 0 saturated carbocycles. The predicted octanol–water partition coefficient (Wildman–Crippen LogP) is 1.72. The molecule has 0 fully saturated rings. The molecule has 0 aliphatic carbocycles. The zero-order chi connectivity index (χ0) is 18.2. The third-order valence-corrected chi connectivity index (χ3v) is 3.46. The molecule has 0 saturated heterocycles. The standard InChI is InChI=1S/C18H20N2O5/c1-23-14-6-4-5-12(9-14)10-17(21)19-20-18(22)13-7-8-15(24-2)16(11-13)25-3/h4-9,11H,10H2,1-3H3,(H,19,21)(H,20,22). The van der Waals surface area contributed by atoms with Crippen molar-refractivity contribution in [1.82, 2.24) is 10.9 Å². The van der Waals surface area contributed by atoms with Crippen LogP contribution in [-0.4, -0.2) is 33.1 Å². The van der Waals surface area contributed by atoms with E-state index in [1.54, 1.807) is 43.5 Å². The molecule has 2 rings (SSSR count). The molecule has 0 radical (unpaired) electrons. The van der Waals surface area contributed by atoms with Gasteiger partial charge < -0.3 is 14.2 Å². The summed E-state index contributed by atoms with van der Waals surface area (Å²) < 4.78 is 15.4. The molecule has 7 nitrogen and oxygen atoms in total. The van der Waals surface area contributed by atoms with Crippen LogP contribution in [0.2, 0.25) is 0 Å². The van der Waals surface area contributed by atoms with Crippen LogP contribution in [0.5, 0.6) is 17.2 Å². The van der Waals surface area contributed by atoms with Gasteiger partial charge in [0.2, 0.25) is 5.91 Å². The van der Waals surface area contributed by atoms with Crippen LogP contribution in [0, 0.1) is 0 Å². The smallest absolute Gasteiger partial charge is 0.269 e. The average molecular weight is 344 g/mol. The van der Waals surface area contributed by atoms with Crippen LogP contribution in [0.25, 0.3) is 0 Å². The number of nitrogens with one attached hydrogen (secondary N) is 2. The van der Waals surface area contributed by atoms with Crippen molar-refractivity contribution in [3.05, 3.63) is 53.6 Å².